The van der Waals surface area contributed by atoms with Gasteiger partial charge in [-0.1, -0.05) is 51.2 Å². The van der Waals surface area contributed by atoms with Crippen molar-refractivity contribution in [2.75, 3.05) is 25.5 Å². The maximum Gasteiger partial charge on any atom is 0.208 e. The van der Waals surface area contributed by atoms with Crippen molar-refractivity contribution in [2.45, 2.75) is 9.59 Å². The lowest BCUT2D eigenvalue weighted by Crippen LogP contribution is -2.09. The third-order valence-electron chi connectivity index (χ3n) is 2.46. The number of halogens is 1. The summed E-state index contributed by atoms with van der Waals surface area (Å²) in [5.74, 6) is 0. The first-order chi connectivity index (χ1) is 9.10. The Kier molecular flexibility index (Phi) is 5.20. The summed E-state index contributed by atoms with van der Waals surface area (Å²) in [5, 5.41) is 9.44. The second-order valence-electron chi connectivity index (χ2n) is 4.14. The molecule has 0 aliphatic carbocycles. The highest BCUT2D eigenvalue weighted by atomic mass is 79.9. The first kappa shape index (κ1) is 14.8. The van der Waals surface area contributed by atoms with Gasteiger partial charge in [-0.25, -0.2) is 0 Å². The normalized spacial score (nSPS) is 12.4. The van der Waals surface area contributed by atoms with Crippen LogP contribution in [0.25, 0.3) is 0 Å². The molecule has 1 aromatic carbocycles. The number of hydrogen-bond donors (Lipinski definition) is 1. The van der Waals surface area contributed by atoms with Crippen molar-refractivity contribution < 1.29 is 0 Å². The molecule has 102 valence electrons. The lowest BCUT2D eigenvalue weighted by molar-refractivity contribution is 0.927. The Hall–Kier alpha value is -0.630. The smallest absolute Gasteiger partial charge is 0.208 e. The summed E-state index contributed by atoms with van der Waals surface area (Å²) in [6, 6.07) is 8.21. The molecule has 0 aliphatic rings. The van der Waals surface area contributed by atoms with Crippen LogP contribution in [0.15, 0.2) is 33.1 Å². The number of anilines is 1. The fourth-order valence-electron chi connectivity index (χ4n) is 1.51. The molecule has 0 saturated carbocycles. The Morgan fingerprint density at radius 3 is 2.79 bits per heavy atom. The Labute approximate surface area is 129 Å². The first-order valence-corrected chi connectivity index (χ1v) is 8.22. The second kappa shape index (κ2) is 6.69. The lowest BCUT2D eigenvalue weighted by atomic mass is 10.1. The van der Waals surface area contributed by atoms with Gasteiger partial charge in [-0.05, 0) is 17.7 Å². The zero-order chi connectivity index (χ0) is 13.8. The van der Waals surface area contributed by atoms with E-state index in [0.29, 0.717) is 6.54 Å². The highest BCUT2D eigenvalue weighted by Gasteiger charge is 2.15. The molecule has 1 heterocycles. The second-order valence-corrected chi connectivity index (χ2v) is 7.46. The third kappa shape index (κ3) is 3.92. The molecule has 0 radical (unpaired) electrons. The van der Waals surface area contributed by atoms with E-state index in [0.717, 1.165) is 13.9 Å². The van der Waals surface area contributed by atoms with E-state index in [1.807, 2.05) is 31.1 Å². The van der Waals surface area contributed by atoms with Gasteiger partial charge in [0.25, 0.3) is 0 Å². The molecule has 0 spiro atoms. The summed E-state index contributed by atoms with van der Waals surface area (Å²) in [4.78, 5) is 1.96. The van der Waals surface area contributed by atoms with Gasteiger partial charge in [-0.15, -0.1) is 10.2 Å². The molecule has 1 unspecified atom stereocenters. The Morgan fingerprint density at radius 1 is 1.42 bits per heavy atom. The number of nitrogens with two attached hydrogens (primary N) is 1. The number of rotatable bonds is 5. The van der Waals surface area contributed by atoms with Crippen LogP contribution in [0.4, 0.5) is 5.13 Å². The van der Waals surface area contributed by atoms with Crippen molar-refractivity contribution >= 4 is 44.2 Å². The van der Waals surface area contributed by atoms with Gasteiger partial charge in [0.2, 0.25) is 5.13 Å². The average Bonchev–Trinajstić information content (AvgIpc) is 2.84. The van der Waals surface area contributed by atoms with Crippen LogP contribution in [-0.4, -0.2) is 30.8 Å². The topological polar surface area (TPSA) is 55.0 Å². The largest absolute Gasteiger partial charge is 0.353 e. The highest BCUT2D eigenvalue weighted by molar-refractivity contribution is 9.10. The first-order valence-electron chi connectivity index (χ1n) is 5.73. The summed E-state index contributed by atoms with van der Waals surface area (Å²) in [6.45, 7) is 0.567. The van der Waals surface area contributed by atoms with Crippen molar-refractivity contribution in [3.05, 3.63) is 34.3 Å². The van der Waals surface area contributed by atoms with Gasteiger partial charge in [0, 0.05) is 30.4 Å². The van der Waals surface area contributed by atoms with Gasteiger partial charge >= 0.3 is 0 Å². The minimum absolute atomic E-state index is 0.195. The van der Waals surface area contributed by atoms with E-state index in [2.05, 4.69) is 38.3 Å². The van der Waals surface area contributed by atoms with Crippen LogP contribution in [-0.2, 0) is 0 Å². The molecular formula is C12H15BrN4S2. The Morgan fingerprint density at radius 2 is 2.21 bits per heavy atom. The van der Waals surface area contributed by atoms with Crippen LogP contribution in [0.5, 0.6) is 0 Å². The van der Waals surface area contributed by atoms with Gasteiger partial charge in [-0.3, -0.25) is 0 Å². The molecule has 7 heteroatoms. The van der Waals surface area contributed by atoms with Gasteiger partial charge in [0.1, 0.15) is 0 Å². The van der Waals surface area contributed by atoms with Gasteiger partial charge in [0.15, 0.2) is 4.34 Å². The molecule has 4 nitrogen and oxygen atoms in total. The molecule has 0 aliphatic heterocycles. The standard InChI is InChI=1S/C12H15BrN4S2/c1-17(2)11-15-16-12(19-11)18-10(7-14)8-4-3-5-9(13)6-8/h3-6,10H,7,14H2,1-2H3. The molecule has 0 saturated heterocycles. The fourth-order valence-corrected chi connectivity index (χ4v) is 3.91. The molecule has 0 bridgehead atoms. The number of aromatic nitrogens is 2. The van der Waals surface area contributed by atoms with Crippen molar-refractivity contribution in [3.8, 4) is 0 Å². The van der Waals surface area contributed by atoms with Crippen LogP contribution in [0.1, 0.15) is 10.8 Å². The van der Waals surface area contributed by atoms with E-state index in [1.54, 1.807) is 23.1 Å². The molecule has 1 aromatic heterocycles. The van der Waals surface area contributed by atoms with Crippen molar-refractivity contribution in [1.82, 2.24) is 10.2 Å². The molecule has 1 atom stereocenters. The average molecular weight is 359 g/mol. The predicted molar refractivity (Wildman–Crippen MR) is 86.0 cm³/mol. The zero-order valence-electron chi connectivity index (χ0n) is 10.7. The summed E-state index contributed by atoms with van der Waals surface area (Å²) in [6.07, 6.45) is 0. The van der Waals surface area contributed by atoms with E-state index >= 15 is 0 Å². The minimum atomic E-state index is 0.195. The van der Waals surface area contributed by atoms with Gasteiger partial charge in [-0.2, -0.15) is 0 Å². The van der Waals surface area contributed by atoms with Crippen LogP contribution >= 0.6 is 39.0 Å². The monoisotopic (exact) mass is 358 g/mol. The van der Waals surface area contributed by atoms with E-state index < -0.39 is 0 Å². The minimum Gasteiger partial charge on any atom is -0.353 e. The molecule has 0 amide bonds. The van der Waals surface area contributed by atoms with Gasteiger partial charge < -0.3 is 10.6 Å². The Bertz CT molecular complexity index is 544. The molecule has 0 fully saturated rings. The van der Waals surface area contributed by atoms with Crippen molar-refractivity contribution in [1.29, 1.82) is 0 Å². The SMILES string of the molecule is CN(C)c1nnc(SC(CN)c2cccc(Br)c2)s1. The van der Waals surface area contributed by atoms with E-state index in [1.165, 1.54) is 5.56 Å². The maximum absolute atomic E-state index is 5.88. The summed E-state index contributed by atoms with van der Waals surface area (Å²) >= 11 is 6.73. The number of hydrogen-bond acceptors (Lipinski definition) is 6. The predicted octanol–water partition coefficient (Wildman–Crippen LogP) is 3.16. The number of nitrogens with zero attached hydrogens (tertiary/aromatic N) is 3. The lowest BCUT2D eigenvalue weighted by Gasteiger charge is -2.13. The van der Waals surface area contributed by atoms with E-state index in [-0.39, 0.29) is 5.25 Å². The Balaban J connectivity index is 2.14. The molecule has 2 N–H and O–H groups in total. The van der Waals surface area contributed by atoms with Crippen LogP contribution in [0, 0.1) is 0 Å². The number of benzene rings is 1. The summed E-state index contributed by atoms with van der Waals surface area (Å²) in [5.41, 5.74) is 7.08. The van der Waals surface area contributed by atoms with Crippen molar-refractivity contribution in [3.63, 3.8) is 0 Å². The van der Waals surface area contributed by atoms with E-state index in [9.17, 15) is 0 Å². The number of thioether (sulfide) groups is 1. The summed E-state index contributed by atoms with van der Waals surface area (Å²) in [7, 11) is 3.92. The van der Waals surface area contributed by atoms with E-state index in [4.69, 9.17) is 5.73 Å². The maximum atomic E-state index is 5.88. The van der Waals surface area contributed by atoms with Crippen LogP contribution in [0.2, 0.25) is 0 Å². The van der Waals surface area contributed by atoms with Crippen molar-refractivity contribution in [2.24, 2.45) is 5.73 Å². The zero-order valence-corrected chi connectivity index (χ0v) is 13.9. The van der Waals surface area contributed by atoms with Crippen LogP contribution in [0.3, 0.4) is 0 Å². The quantitative estimate of drug-likeness (QED) is 0.831. The molecular weight excluding hydrogens is 344 g/mol. The fraction of sp³-hybridized carbons (Fsp3) is 0.333. The van der Waals surface area contributed by atoms with Gasteiger partial charge in [0.05, 0.1) is 0 Å². The molecule has 2 aromatic rings. The summed E-state index contributed by atoms with van der Waals surface area (Å²) < 4.78 is 2.01. The van der Waals surface area contributed by atoms with Crippen LogP contribution < -0.4 is 10.6 Å². The molecule has 19 heavy (non-hydrogen) atoms. The molecule has 2 rings (SSSR count). The highest BCUT2D eigenvalue weighted by Crippen LogP contribution is 2.38. The third-order valence-corrected chi connectivity index (χ3v) is 5.41.